The Kier molecular flexibility index (Phi) is 7.91. The van der Waals surface area contributed by atoms with Gasteiger partial charge >= 0.3 is 6.18 Å². The average molecular weight is 538 g/mol. The summed E-state index contributed by atoms with van der Waals surface area (Å²) in [5.41, 5.74) is 1.03. The molecule has 2 fully saturated rings. The van der Waals surface area contributed by atoms with Crippen LogP contribution in [0.2, 0.25) is 0 Å². The molecule has 2 aliphatic heterocycles. The first kappa shape index (κ1) is 27.2. The Balaban J connectivity index is 1.29. The highest BCUT2D eigenvalue weighted by Crippen LogP contribution is 2.43. The van der Waals surface area contributed by atoms with E-state index in [0.717, 1.165) is 49.7 Å². The minimum Gasteiger partial charge on any atom is -0.393 e. The standard InChI is InChI=1S/C27H35F4N5O2/c1-17-12-23(38)25-24(17)26(33-16-32-25)36-10-8-35(9-11-36)15-19(14-34-6-4-20(37)5-7-34)18-2-3-21(22(28)13-18)27(29,30)31/h2-3,13,16-17,19-20,23,37-38H,4-12,14-15H2,1H3/t17-,19-,23-/m1/s1. The van der Waals surface area contributed by atoms with E-state index in [9.17, 15) is 27.8 Å². The maximum Gasteiger partial charge on any atom is 0.419 e. The maximum atomic E-state index is 14.5. The first-order chi connectivity index (χ1) is 18.1. The van der Waals surface area contributed by atoms with Gasteiger partial charge in [0.15, 0.2) is 0 Å². The minimum atomic E-state index is -4.73. The van der Waals surface area contributed by atoms with Gasteiger partial charge in [-0.2, -0.15) is 13.2 Å². The number of hydrogen-bond donors (Lipinski definition) is 2. The van der Waals surface area contributed by atoms with Gasteiger partial charge in [0, 0.05) is 63.8 Å². The fourth-order valence-electron chi connectivity index (χ4n) is 6.11. The molecule has 0 amide bonds. The molecule has 0 bridgehead atoms. The zero-order valence-corrected chi connectivity index (χ0v) is 21.5. The highest BCUT2D eigenvalue weighted by Gasteiger charge is 2.36. The van der Waals surface area contributed by atoms with E-state index in [1.165, 1.54) is 12.4 Å². The number of nitrogens with zero attached hydrogens (tertiary/aromatic N) is 5. The van der Waals surface area contributed by atoms with E-state index < -0.39 is 23.7 Å². The number of piperidine rings is 1. The first-order valence-corrected chi connectivity index (χ1v) is 13.4. The molecule has 2 N–H and O–H groups in total. The topological polar surface area (TPSA) is 76.0 Å². The van der Waals surface area contributed by atoms with Crippen molar-refractivity contribution in [2.24, 2.45) is 0 Å². The van der Waals surface area contributed by atoms with Crippen LogP contribution in [0.5, 0.6) is 0 Å². The van der Waals surface area contributed by atoms with Crippen molar-refractivity contribution in [2.45, 2.75) is 56.4 Å². The Hall–Kier alpha value is -2.34. The summed E-state index contributed by atoms with van der Waals surface area (Å²) >= 11 is 0. The van der Waals surface area contributed by atoms with Crippen LogP contribution in [0.15, 0.2) is 24.5 Å². The second-order valence-electron chi connectivity index (χ2n) is 10.9. The molecule has 2 saturated heterocycles. The lowest BCUT2D eigenvalue weighted by molar-refractivity contribution is -0.140. The molecule has 208 valence electrons. The lowest BCUT2D eigenvalue weighted by Crippen LogP contribution is -2.49. The van der Waals surface area contributed by atoms with Crippen LogP contribution < -0.4 is 4.90 Å². The number of fused-ring (bicyclic) bond motifs is 1. The Labute approximate surface area is 220 Å². The normalized spacial score (nSPS) is 24.6. The van der Waals surface area contributed by atoms with Gasteiger partial charge in [-0.05, 0) is 42.9 Å². The summed E-state index contributed by atoms with van der Waals surface area (Å²) in [6.45, 7) is 7.57. The molecule has 5 rings (SSSR count). The highest BCUT2D eigenvalue weighted by atomic mass is 19.4. The second-order valence-corrected chi connectivity index (χ2v) is 10.9. The molecule has 0 unspecified atom stereocenters. The smallest absolute Gasteiger partial charge is 0.393 e. The van der Waals surface area contributed by atoms with Crippen LogP contribution in [0.1, 0.15) is 66.5 Å². The molecule has 0 spiro atoms. The van der Waals surface area contributed by atoms with Crippen LogP contribution in [0.3, 0.4) is 0 Å². The number of aromatic nitrogens is 2. The van der Waals surface area contributed by atoms with Gasteiger partial charge in [0.25, 0.3) is 0 Å². The van der Waals surface area contributed by atoms with E-state index in [-0.39, 0.29) is 17.9 Å². The van der Waals surface area contributed by atoms with Gasteiger partial charge in [-0.3, -0.25) is 4.90 Å². The third-order valence-corrected chi connectivity index (χ3v) is 8.23. The van der Waals surface area contributed by atoms with Gasteiger partial charge in [0.05, 0.1) is 23.5 Å². The third kappa shape index (κ3) is 5.80. The third-order valence-electron chi connectivity index (χ3n) is 8.23. The van der Waals surface area contributed by atoms with Gasteiger partial charge in [-0.15, -0.1) is 0 Å². The predicted molar refractivity (Wildman–Crippen MR) is 135 cm³/mol. The van der Waals surface area contributed by atoms with Crippen LogP contribution >= 0.6 is 0 Å². The second kappa shape index (κ2) is 11.0. The molecule has 3 heterocycles. The van der Waals surface area contributed by atoms with Crippen LogP contribution in [0.4, 0.5) is 23.4 Å². The summed E-state index contributed by atoms with van der Waals surface area (Å²) in [5, 5.41) is 20.2. The van der Waals surface area contributed by atoms with Crippen LogP contribution in [0.25, 0.3) is 0 Å². The summed E-state index contributed by atoms with van der Waals surface area (Å²) in [7, 11) is 0. The minimum absolute atomic E-state index is 0.174. The molecule has 11 heteroatoms. The van der Waals surface area contributed by atoms with Gasteiger partial charge in [-0.25, -0.2) is 14.4 Å². The van der Waals surface area contributed by atoms with E-state index in [0.29, 0.717) is 56.7 Å². The van der Waals surface area contributed by atoms with Crippen molar-refractivity contribution < 1.29 is 27.8 Å². The number of likely N-dealkylation sites (tertiary alicyclic amines) is 1. The van der Waals surface area contributed by atoms with Gasteiger partial charge in [0.1, 0.15) is 18.0 Å². The SMILES string of the molecule is C[C@@H]1C[C@@H](O)c2ncnc(N3CCN(C[C@@H](CN4CCC(O)CC4)c4ccc(C(F)(F)F)c(F)c4)CC3)c21. The lowest BCUT2D eigenvalue weighted by atomic mass is 9.94. The quantitative estimate of drug-likeness (QED) is 0.546. The van der Waals surface area contributed by atoms with Crippen LogP contribution in [-0.4, -0.2) is 88.4 Å². The number of rotatable bonds is 6. The van der Waals surface area contributed by atoms with Crippen LogP contribution in [-0.2, 0) is 6.18 Å². The Morgan fingerprint density at radius 2 is 1.63 bits per heavy atom. The summed E-state index contributed by atoms with van der Waals surface area (Å²) < 4.78 is 54.0. The van der Waals surface area contributed by atoms with Gasteiger partial charge in [0.2, 0.25) is 0 Å². The molecular weight excluding hydrogens is 502 g/mol. The first-order valence-electron chi connectivity index (χ1n) is 13.4. The van der Waals surface area contributed by atoms with E-state index in [4.69, 9.17) is 0 Å². The molecule has 1 aromatic carbocycles. The summed E-state index contributed by atoms with van der Waals surface area (Å²) in [4.78, 5) is 15.5. The zero-order chi connectivity index (χ0) is 27.0. The number of anilines is 1. The number of aliphatic hydroxyl groups is 2. The predicted octanol–water partition coefficient (Wildman–Crippen LogP) is 3.54. The summed E-state index contributed by atoms with van der Waals surface area (Å²) in [6, 6.07) is 3.29. The Morgan fingerprint density at radius 1 is 0.974 bits per heavy atom. The lowest BCUT2D eigenvalue weighted by Gasteiger charge is -2.39. The molecule has 0 radical (unpaired) electrons. The fraction of sp³-hybridized carbons (Fsp3) is 0.630. The number of piperazine rings is 1. The van der Waals surface area contributed by atoms with Crippen molar-refractivity contribution in [3.8, 4) is 0 Å². The molecule has 7 nitrogen and oxygen atoms in total. The van der Waals surface area contributed by atoms with Crippen molar-refractivity contribution in [3.63, 3.8) is 0 Å². The number of hydrogen-bond acceptors (Lipinski definition) is 7. The number of aliphatic hydroxyl groups excluding tert-OH is 2. The average Bonchev–Trinajstić information content (AvgIpc) is 3.18. The number of halogens is 4. The molecular formula is C27H35F4N5O2. The van der Waals surface area contributed by atoms with E-state index >= 15 is 0 Å². The molecule has 2 aromatic rings. The molecule has 3 atom stereocenters. The maximum absolute atomic E-state index is 14.5. The summed E-state index contributed by atoms with van der Waals surface area (Å²) in [6.07, 6.45) is -2.16. The molecule has 38 heavy (non-hydrogen) atoms. The monoisotopic (exact) mass is 537 g/mol. The Morgan fingerprint density at radius 3 is 2.26 bits per heavy atom. The van der Waals surface area contributed by atoms with E-state index in [1.807, 2.05) is 0 Å². The zero-order valence-electron chi connectivity index (χ0n) is 21.5. The van der Waals surface area contributed by atoms with Crippen molar-refractivity contribution in [2.75, 3.05) is 57.3 Å². The Bertz CT molecular complexity index is 1120. The highest BCUT2D eigenvalue weighted by molar-refractivity contribution is 5.53. The fourth-order valence-corrected chi connectivity index (χ4v) is 6.11. The van der Waals surface area contributed by atoms with Gasteiger partial charge in [-0.1, -0.05) is 13.0 Å². The van der Waals surface area contributed by atoms with Gasteiger partial charge < -0.3 is 20.0 Å². The molecule has 1 aliphatic carbocycles. The number of alkyl halides is 3. The molecule has 1 aromatic heterocycles. The molecule has 3 aliphatic rings. The van der Waals surface area contributed by atoms with Crippen molar-refractivity contribution in [1.82, 2.24) is 19.8 Å². The molecule has 0 saturated carbocycles. The van der Waals surface area contributed by atoms with Crippen molar-refractivity contribution in [3.05, 3.63) is 52.7 Å². The summed E-state index contributed by atoms with van der Waals surface area (Å²) in [5.74, 6) is -0.372. The van der Waals surface area contributed by atoms with E-state index in [2.05, 4.69) is 31.6 Å². The van der Waals surface area contributed by atoms with E-state index in [1.54, 1.807) is 0 Å². The largest absolute Gasteiger partial charge is 0.419 e. The van der Waals surface area contributed by atoms with Crippen molar-refractivity contribution in [1.29, 1.82) is 0 Å². The van der Waals surface area contributed by atoms with Crippen LogP contribution in [0, 0.1) is 5.82 Å². The number of benzene rings is 1. The van der Waals surface area contributed by atoms with Crippen molar-refractivity contribution >= 4 is 5.82 Å².